The standard InChI is InChI=1S/C11H17NO4/c1-7(8(2)11(15)16)10(14)12-5-3-4-9(13)6-12/h9,13H,3-6H2,1-2H3,(H,15,16). The maximum Gasteiger partial charge on any atom is 0.331 e. The molecule has 0 bridgehead atoms. The zero-order valence-electron chi connectivity index (χ0n) is 9.56. The molecule has 16 heavy (non-hydrogen) atoms. The Balaban J connectivity index is 2.77. The fourth-order valence-corrected chi connectivity index (χ4v) is 1.70. The molecule has 1 atom stereocenters. The van der Waals surface area contributed by atoms with E-state index in [9.17, 15) is 14.7 Å². The zero-order valence-corrected chi connectivity index (χ0v) is 9.56. The maximum absolute atomic E-state index is 11.9. The Bertz CT molecular complexity index is 335. The second-order valence-electron chi connectivity index (χ2n) is 4.10. The molecule has 1 heterocycles. The molecule has 1 aliphatic heterocycles. The summed E-state index contributed by atoms with van der Waals surface area (Å²) in [6.07, 6.45) is 0.965. The van der Waals surface area contributed by atoms with Gasteiger partial charge in [0, 0.05) is 24.2 Å². The van der Waals surface area contributed by atoms with E-state index in [4.69, 9.17) is 5.11 Å². The number of likely N-dealkylation sites (tertiary alicyclic amines) is 1. The lowest BCUT2D eigenvalue weighted by Crippen LogP contribution is -2.42. The molecule has 2 N–H and O–H groups in total. The fraction of sp³-hybridized carbons (Fsp3) is 0.636. The lowest BCUT2D eigenvalue weighted by atomic mass is 10.1. The van der Waals surface area contributed by atoms with Gasteiger partial charge in [-0.2, -0.15) is 0 Å². The molecule has 0 aromatic heterocycles. The Kier molecular flexibility index (Phi) is 4.06. The summed E-state index contributed by atoms with van der Waals surface area (Å²) in [5, 5.41) is 18.2. The molecule has 0 aliphatic carbocycles. The second-order valence-corrected chi connectivity index (χ2v) is 4.10. The third-order valence-electron chi connectivity index (χ3n) is 2.89. The van der Waals surface area contributed by atoms with Gasteiger partial charge in [-0.25, -0.2) is 4.79 Å². The van der Waals surface area contributed by atoms with Gasteiger partial charge in [-0.15, -0.1) is 0 Å². The van der Waals surface area contributed by atoms with Gasteiger partial charge in [0.25, 0.3) is 0 Å². The van der Waals surface area contributed by atoms with E-state index in [-0.39, 0.29) is 17.1 Å². The summed E-state index contributed by atoms with van der Waals surface area (Å²) in [7, 11) is 0. The molecule has 5 heteroatoms. The molecule has 5 nitrogen and oxygen atoms in total. The predicted octanol–water partition coefficient (Wildman–Crippen LogP) is 0.391. The highest BCUT2D eigenvalue weighted by Crippen LogP contribution is 2.14. The first-order valence-electron chi connectivity index (χ1n) is 5.31. The Labute approximate surface area is 94.4 Å². The van der Waals surface area contributed by atoms with Crippen molar-refractivity contribution < 1.29 is 19.8 Å². The highest BCUT2D eigenvalue weighted by Gasteiger charge is 2.24. The molecule has 0 radical (unpaired) electrons. The Morgan fingerprint density at radius 1 is 1.25 bits per heavy atom. The summed E-state index contributed by atoms with van der Waals surface area (Å²) in [4.78, 5) is 24.1. The Morgan fingerprint density at radius 2 is 1.88 bits per heavy atom. The molecular formula is C11H17NO4. The number of hydrogen-bond acceptors (Lipinski definition) is 3. The van der Waals surface area contributed by atoms with Crippen molar-refractivity contribution in [2.45, 2.75) is 32.8 Å². The number of piperidine rings is 1. The average Bonchev–Trinajstić information content (AvgIpc) is 2.26. The summed E-state index contributed by atoms with van der Waals surface area (Å²) >= 11 is 0. The van der Waals surface area contributed by atoms with Gasteiger partial charge in [0.1, 0.15) is 0 Å². The summed E-state index contributed by atoms with van der Waals surface area (Å²) in [6.45, 7) is 3.80. The lowest BCUT2D eigenvalue weighted by Gasteiger charge is -2.30. The lowest BCUT2D eigenvalue weighted by molar-refractivity contribution is -0.134. The first-order chi connectivity index (χ1) is 7.43. The van der Waals surface area contributed by atoms with Crippen molar-refractivity contribution in [3.05, 3.63) is 11.1 Å². The van der Waals surface area contributed by atoms with Crippen LogP contribution in [0.4, 0.5) is 0 Å². The molecule has 0 spiro atoms. The summed E-state index contributed by atoms with van der Waals surface area (Å²) < 4.78 is 0. The van der Waals surface area contributed by atoms with Crippen LogP contribution in [0, 0.1) is 0 Å². The fourth-order valence-electron chi connectivity index (χ4n) is 1.70. The first-order valence-corrected chi connectivity index (χ1v) is 5.31. The zero-order chi connectivity index (χ0) is 12.3. The van der Waals surface area contributed by atoms with E-state index < -0.39 is 12.1 Å². The van der Waals surface area contributed by atoms with Gasteiger partial charge in [0.05, 0.1) is 6.10 Å². The highest BCUT2D eigenvalue weighted by molar-refractivity contribution is 6.01. The van der Waals surface area contributed by atoms with Crippen molar-refractivity contribution in [1.82, 2.24) is 4.90 Å². The van der Waals surface area contributed by atoms with E-state index in [2.05, 4.69) is 0 Å². The number of carboxylic acids is 1. The summed E-state index contributed by atoms with van der Waals surface area (Å²) in [5.74, 6) is -1.37. The average molecular weight is 227 g/mol. The minimum Gasteiger partial charge on any atom is -0.478 e. The minimum atomic E-state index is -1.08. The molecule has 1 unspecified atom stereocenters. The number of nitrogens with zero attached hydrogens (tertiary/aromatic N) is 1. The van der Waals surface area contributed by atoms with Gasteiger partial charge in [-0.1, -0.05) is 0 Å². The van der Waals surface area contributed by atoms with Gasteiger partial charge >= 0.3 is 5.97 Å². The number of β-amino-alcohol motifs (C(OH)–C–C–N with tert-alkyl or cyclic N) is 1. The van der Waals surface area contributed by atoms with Crippen molar-refractivity contribution in [2.24, 2.45) is 0 Å². The van der Waals surface area contributed by atoms with Crippen LogP contribution >= 0.6 is 0 Å². The third-order valence-corrected chi connectivity index (χ3v) is 2.89. The van der Waals surface area contributed by atoms with Crippen molar-refractivity contribution in [3.63, 3.8) is 0 Å². The number of aliphatic hydroxyl groups is 1. The monoisotopic (exact) mass is 227 g/mol. The van der Waals surface area contributed by atoms with Crippen LogP contribution in [-0.2, 0) is 9.59 Å². The van der Waals surface area contributed by atoms with Crippen molar-refractivity contribution in [3.8, 4) is 0 Å². The Morgan fingerprint density at radius 3 is 2.38 bits per heavy atom. The molecule has 1 fully saturated rings. The van der Waals surface area contributed by atoms with Gasteiger partial charge < -0.3 is 15.1 Å². The van der Waals surface area contributed by atoms with E-state index in [1.165, 1.54) is 18.7 Å². The van der Waals surface area contributed by atoms with Crippen molar-refractivity contribution in [2.75, 3.05) is 13.1 Å². The van der Waals surface area contributed by atoms with Crippen LogP contribution in [0.5, 0.6) is 0 Å². The van der Waals surface area contributed by atoms with Crippen molar-refractivity contribution in [1.29, 1.82) is 0 Å². The molecule has 1 aliphatic rings. The maximum atomic E-state index is 11.9. The molecule has 90 valence electrons. The molecule has 0 aromatic carbocycles. The van der Waals surface area contributed by atoms with E-state index in [1.54, 1.807) is 0 Å². The van der Waals surface area contributed by atoms with Crippen molar-refractivity contribution >= 4 is 11.9 Å². The summed E-state index contributed by atoms with van der Waals surface area (Å²) in [5.41, 5.74) is 0.298. The van der Waals surface area contributed by atoms with Crippen LogP contribution in [0.1, 0.15) is 26.7 Å². The topological polar surface area (TPSA) is 77.8 Å². The van der Waals surface area contributed by atoms with Gasteiger partial charge in [0.2, 0.25) is 5.91 Å². The molecular weight excluding hydrogens is 210 g/mol. The van der Waals surface area contributed by atoms with E-state index in [0.717, 1.165) is 6.42 Å². The van der Waals surface area contributed by atoms with Crippen LogP contribution in [0.15, 0.2) is 11.1 Å². The quantitative estimate of drug-likeness (QED) is 0.669. The van der Waals surface area contributed by atoms with Crippen LogP contribution in [0.25, 0.3) is 0 Å². The number of carboxylic acid groups (broad SMARTS) is 1. The van der Waals surface area contributed by atoms with Crippen LogP contribution < -0.4 is 0 Å². The van der Waals surface area contributed by atoms with Crippen LogP contribution in [-0.4, -0.2) is 46.2 Å². The van der Waals surface area contributed by atoms with Gasteiger partial charge in [-0.3, -0.25) is 4.79 Å². The van der Waals surface area contributed by atoms with Crippen LogP contribution in [0.3, 0.4) is 0 Å². The normalized spacial score (nSPS) is 22.7. The number of rotatable bonds is 2. The Hall–Kier alpha value is -1.36. The molecule has 0 saturated carbocycles. The number of amides is 1. The number of carbonyl (C=O) groups is 2. The minimum absolute atomic E-state index is 0.0602. The highest BCUT2D eigenvalue weighted by atomic mass is 16.4. The smallest absolute Gasteiger partial charge is 0.331 e. The first kappa shape index (κ1) is 12.7. The van der Waals surface area contributed by atoms with Crippen LogP contribution in [0.2, 0.25) is 0 Å². The SMILES string of the molecule is CC(C(=O)O)=C(C)C(=O)N1CCCC(O)C1. The number of carbonyl (C=O) groups excluding carboxylic acids is 1. The summed E-state index contributed by atoms with van der Waals surface area (Å²) in [6, 6.07) is 0. The van der Waals surface area contributed by atoms with Gasteiger partial charge in [-0.05, 0) is 26.7 Å². The largest absolute Gasteiger partial charge is 0.478 e. The molecule has 1 saturated heterocycles. The molecule has 1 rings (SSSR count). The number of hydrogen-bond donors (Lipinski definition) is 2. The molecule has 1 amide bonds. The second kappa shape index (κ2) is 5.12. The molecule has 0 aromatic rings. The number of aliphatic carboxylic acids is 1. The third kappa shape index (κ3) is 2.82. The predicted molar refractivity (Wildman–Crippen MR) is 57.8 cm³/mol. The van der Waals surface area contributed by atoms with E-state index in [1.807, 2.05) is 0 Å². The van der Waals surface area contributed by atoms with E-state index in [0.29, 0.717) is 19.5 Å². The van der Waals surface area contributed by atoms with Gasteiger partial charge in [0.15, 0.2) is 0 Å². The number of aliphatic hydroxyl groups excluding tert-OH is 1. The van der Waals surface area contributed by atoms with E-state index >= 15 is 0 Å².